The van der Waals surface area contributed by atoms with Crippen LogP contribution < -0.4 is 10.9 Å². The Balaban J connectivity index is 2.45. The van der Waals surface area contributed by atoms with Crippen LogP contribution in [0.4, 0.5) is 10.5 Å². The number of carboxylic acid groups (broad SMARTS) is 1. The Hall–Kier alpha value is -1.78. The zero-order valence-corrected chi connectivity index (χ0v) is 5.61. The first-order valence-corrected chi connectivity index (χ1v) is 2.94. The lowest BCUT2D eigenvalue weighted by Gasteiger charge is -2.02. The summed E-state index contributed by atoms with van der Waals surface area (Å²) in [4.78, 5) is 13.7. The van der Waals surface area contributed by atoms with Gasteiger partial charge in [-0.05, 0) is 12.1 Å². The molecule has 1 aromatic rings. The highest BCUT2D eigenvalue weighted by Crippen LogP contribution is 1.98. The number of amides is 1. The van der Waals surface area contributed by atoms with E-state index in [4.69, 9.17) is 5.11 Å². The van der Waals surface area contributed by atoms with E-state index in [0.717, 1.165) is 0 Å². The van der Waals surface area contributed by atoms with Crippen molar-refractivity contribution >= 4 is 11.8 Å². The maximum atomic E-state index is 9.98. The number of carbonyl (C=O) groups is 1. The predicted molar refractivity (Wildman–Crippen MR) is 39.0 cm³/mol. The maximum Gasteiger partial charge on any atom is 0.423 e. The third-order valence-corrected chi connectivity index (χ3v) is 0.975. The second-order valence-electron chi connectivity index (χ2n) is 1.80. The minimum atomic E-state index is -1.13. The van der Waals surface area contributed by atoms with Crippen molar-refractivity contribution in [1.82, 2.24) is 10.4 Å². The van der Waals surface area contributed by atoms with E-state index in [2.05, 4.69) is 10.4 Å². The van der Waals surface area contributed by atoms with Gasteiger partial charge >= 0.3 is 6.09 Å². The van der Waals surface area contributed by atoms with Gasteiger partial charge in [0.15, 0.2) is 0 Å². The quantitative estimate of drug-likeness (QED) is 0.546. The van der Waals surface area contributed by atoms with E-state index in [1.165, 1.54) is 6.20 Å². The van der Waals surface area contributed by atoms with Gasteiger partial charge in [-0.1, -0.05) is 0 Å². The second-order valence-corrected chi connectivity index (χ2v) is 1.80. The lowest BCUT2D eigenvalue weighted by Crippen LogP contribution is -2.27. The van der Waals surface area contributed by atoms with E-state index in [0.29, 0.717) is 5.69 Å². The molecule has 0 radical (unpaired) electrons. The van der Waals surface area contributed by atoms with Crippen LogP contribution in [0.15, 0.2) is 24.5 Å². The number of hydrogen-bond acceptors (Lipinski definition) is 3. The second kappa shape index (κ2) is 3.40. The summed E-state index contributed by atoms with van der Waals surface area (Å²) in [6.45, 7) is 0. The molecule has 0 saturated carbocycles. The highest BCUT2D eigenvalue weighted by molar-refractivity contribution is 5.66. The van der Waals surface area contributed by atoms with Gasteiger partial charge in [-0.3, -0.25) is 10.4 Å². The summed E-state index contributed by atoms with van der Waals surface area (Å²) in [6, 6.07) is 3.40. The average Bonchev–Trinajstić information content (AvgIpc) is 2.03. The smallest absolute Gasteiger partial charge is 0.423 e. The van der Waals surface area contributed by atoms with Crippen LogP contribution in [-0.2, 0) is 0 Å². The molecule has 1 amide bonds. The van der Waals surface area contributed by atoms with Crippen molar-refractivity contribution in [2.45, 2.75) is 0 Å². The highest BCUT2D eigenvalue weighted by atomic mass is 16.4. The minimum absolute atomic E-state index is 0.606. The largest absolute Gasteiger partial charge is 0.464 e. The fourth-order valence-corrected chi connectivity index (χ4v) is 0.562. The molecule has 0 aromatic carbocycles. The summed E-state index contributed by atoms with van der Waals surface area (Å²) in [7, 11) is 0. The van der Waals surface area contributed by atoms with Crippen LogP contribution >= 0.6 is 0 Å². The van der Waals surface area contributed by atoms with Crippen LogP contribution in [-0.4, -0.2) is 16.2 Å². The van der Waals surface area contributed by atoms with Crippen LogP contribution in [0.2, 0.25) is 0 Å². The molecule has 3 N–H and O–H groups in total. The highest BCUT2D eigenvalue weighted by Gasteiger charge is 1.91. The monoisotopic (exact) mass is 153 g/mol. The van der Waals surface area contributed by atoms with Crippen molar-refractivity contribution < 1.29 is 9.90 Å². The Morgan fingerprint density at radius 2 is 2.45 bits per heavy atom. The number of nitrogens with one attached hydrogen (secondary N) is 2. The number of aromatic nitrogens is 1. The van der Waals surface area contributed by atoms with Gasteiger partial charge in [0.25, 0.3) is 0 Å². The van der Waals surface area contributed by atoms with Gasteiger partial charge in [0, 0.05) is 6.20 Å². The van der Waals surface area contributed by atoms with Gasteiger partial charge in [-0.15, -0.1) is 0 Å². The van der Waals surface area contributed by atoms with Crippen molar-refractivity contribution in [3.05, 3.63) is 24.5 Å². The van der Waals surface area contributed by atoms with E-state index in [1.54, 1.807) is 18.3 Å². The SMILES string of the molecule is O=C(O)NNc1cccnc1. The van der Waals surface area contributed by atoms with E-state index in [1.807, 2.05) is 5.43 Å². The van der Waals surface area contributed by atoms with Gasteiger partial charge in [-0.25, -0.2) is 10.2 Å². The average molecular weight is 153 g/mol. The molecule has 0 saturated heterocycles. The third kappa shape index (κ3) is 2.53. The fraction of sp³-hybridized carbons (Fsp3) is 0. The van der Waals surface area contributed by atoms with Crippen molar-refractivity contribution in [3.63, 3.8) is 0 Å². The molecule has 0 aliphatic heterocycles. The lowest BCUT2D eigenvalue weighted by atomic mass is 10.4. The topological polar surface area (TPSA) is 74.2 Å². The first-order valence-electron chi connectivity index (χ1n) is 2.94. The van der Waals surface area contributed by atoms with Crippen LogP contribution in [0.3, 0.4) is 0 Å². The molecule has 0 fully saturated rings. The summed E-state index contributed by atoms with van der Waals surface area (Å²) < 4.78 is 0. The van der Waals surface area contributed by atoms with Crippen molar-refractivity contribution in [1.29, 1.82) is 0 Å². The van der Waals surface area contributed by atoms with Crippen LogP contribution in [0, 0.1) is 0 Å². The van der Waals surface area contributed by atoms with E-state index < -0.39 is 6.09 Å². The Kier molecular flexibility index (Phi) is 2.27. The maximum absolute atomic E-state index is 9.98. The van der Waals surface area contributed by atoms with Gasteiger partial charge in [0.05, 0.1) is 11.9 Å². The summed E-state index contributed by atoms with van der Waals surface area (Å²) in [6.07, 6.45) is 1.98. The Labute approximate surface area is 63.0 Å². The number of nitrogens with zero attached hydrogens (tertiary/aromatic N) is 1. The Morgan fingerprint density at radius 1 is 1.64 bits per heavy atom. The molecular formula is C6H7N3O2. The predicted octanol–water partition coefficient (Wildman–Crippen LogP) is 0.676. The molecule has 5 heteroatoms. The molecule has 0 aliphatic rings. The molecule has 0 aliphatic carbocycles. The van der Waals surface area contributed by atoms with E-state index in [-0.39, 0.29) is 0 Å². The summed E-state index contributed by atoms with van der Waals surface area (Å²) in [5.74, 6) is 0. The summed E-state index contributed by atoms with van der Waals surface area (Å²) in [5.41, 5.74) is 5.03. The fourth-order valence-electron chi connectivity index (χ4n) is 0.562. The van der Waals surface area contributed by atoms with Crippen LogP contribution in [0.5, 0.6) is 0 Å². The first-order chi connectivity index (χ1) is 5.29. The molecule has 0 spiro atoms. The number of hydrogen-bond donors (Lipinski definition) is 3. The van der Waals surface area contributed by atoms with Gasteiger partial charge in [0.1, 0.15) is 0 Å². The van der Waals surface area contributed by atoms with Crippen molar-refractivity contribution in [3.8, 4) is 0 Å². The van der Waals surface area contributed by atoms with Crippen molar-refractivity contribution in [2.75, 3.05) is 5.43 Å². The lowest BCUT2D eigenvalue weighted by molar-refractivity contribution is 0.197. The first kappa shape index (κ1) is 7.33. The molecule has 0 bridgehead atoms. The van der Waals surface area contributed by atoms with E-state index >= 15 is 0 Å². The number of hydrazine groups is 1. The summed E-state index contributed by atoms with van der Waals surface area (Å²) in [5, 5.41) is 8.18. The normalized spacial score (nSPS) is 8.73. The molecule has 58 valence electrons. The Morgan fingerprint density at radius 3 is 3.00 bits per heavy atom. The molecule has 1 heterocycles. The molecule has 1 aromatic heterocycles. The molecule has 1 rings (SSSR count). The standard InChI is InChI=1S/C6H7N3O2/c10-6(11)9-8-5-2-1-3-7-4-5/h1-4,8-9H,(H,10,11). The van der Waals surface area contributed by atoms with Crippen LogP contribution in [0.1, 0.15) is 0 Å². The molecule has 0 unspecified atom stereocenters. The number of anilines is 1. The van der Waals surface area contributed by atoms with E-state index in [9.17, 15) is 4.79 Å². The minimum Gasteiger partial charge on any atom is -0.464 e. The number of rotatable bonds is 2. The molecule has 5 nitrogen and oxygen atoms in total. The summed E-state index contributed by atoms with van der Waals surface area (Å²) >= 11 is 0. The number of pyridine rings is 1. The zero-order chi connectivity index (χ0) is 8.10. The Bertz CT molecular complexity index is 237. The van der Waals surface area contributed by atoms with Crippen molar-refractivity contribution in [2.24, 2.45) is 0 Å². The molecular weight excluding hydrogens is 146 g/mol. The zero-order valence-electron chi connectivity index (χ0n) is 5.61. The molecule has 0 atom stereocenters. The van der Waals surface area contributed by atoms with Gasteiger partial charge < -0.3 is 5.11 Å². The van der Waals surface area contributed by atoms with Gasteiger partial charge in [-0.2, -0.15) is 0 Å². The third-order valence-electron chi connectivity index (χ3n) is 0.975. The molecule has 11 heavy (non-hydrogen) atoms. The van der Waals surface area contributed by atoms with Gasteiger partial charge in [0.2, 0.25) is 0 Å². The van der Waals surface area contributed by atoms with Crippen LogP contribution in [0.25, 0.3) is 0 Å².